The van der Waals surface area contributed by atoms with E-state index in [-0.39, 0.29) is 24.1 Å². The second kappa shape index (κ2) is 8.42. The van der Waals surface area contributed by atoms with Gasteiger partial charge in [-0.15, -0.1) is 0 Å². The zero-order chi connectivity index (χ0) is 16.7. The highest BCUT2D eigenvalue weighted by Crippen LogP contribution is 2.24. The third-order valence-electron chi connectivity index (χ3n) is 3.76. The third kappa shape index (κ3) is 5.30. The second-order valence-corrected chi connectivity index (χ2v) is 7.67. The van der Waals surface area contributed by atoms with Gasteiger partial charge >= 0.3 is 5.97 Å². The summed E-state index contributed by atoms with van der Waals surface area (Å²) in [5, 5.41) is 0. The summed E-state index contributed by atoms with van der Waals surface area (Å²) in [5.41, 5.74) is 0.813. The summed E-state index contributed by atoms with van der Waals surface area (Å²) in [7, 11) is -3.00. The van der Waals surface area contributed by atoms with Gasteiger partial charge in [-0.1, -0.05) is 30.3 Å². The Kier molecular flexibility index (Phi) is 6.56. The van der Waals surface area contributed by atoms with Crippen molar-refractivity contribution in [3.05, 3.63) is 35.9 Å². The Morgan fingerprint density at radius 1 is 1.17 bits per heavy atom. The van der Waals surface area contributed by atoms with Crippen LogP contribution in [0.25, 0.3) is 0 Å². The Labute approximate surface area is 137 Å². The van der Waals surface area contributed by atoms with Gasteiger partial charge < -0.3 is 9.47 Å². The molecule has 6 nitrogen and oxygen atoms in total. The van der Waals surface area contributed by atoms with Gasteiger partial charge in [-0.05, 0) is 12.5 Å². The van der Waals surface area contributed by atoms with Crippen molar-refractivity contribution < 1.29 is 22.7 Å². The van der Waals surface area contributed by atoms with Gasteiger partial charge in [-0.3, -0.25) is 4.90 Å². The van der Waals surface area contributed by atoms with Crippen LogP contribution in [0.2, 0.25) is 0 Å². The van der Waals surface area contributed by atoms with Gasteiger partial charge in [0, 0.05) is 19.7 Å². The molecule has 0 bridgehead atoms. The highest BCUT2D eigenvalue weighted by atomic mass is 32.2. The summed E-state index contributed by atoms with van der Waals surface area (Å²) < 4.78 is 33.7. The van der Waals surface area contributed by atoms with Crippen LogP contribution in [0.15, 0.2) is 30.3 Å². The van der Waals surface area contributed by atoms with Gasteiger partial charge in [0.15, 0.2) is 9.84 Å². The number of hydrogen-bond donors (Lipinski definition) is 0. The highest BCUT2D eigenvalue weighted by Gasteiger charge is 2.33. The molecule has 7 heteroatoms. The molecule has 1 atom stereocenters. The van der Waals surface area contributed by atoms with Gasteiger partial charge in [-0.2, -0.15) is 0 Å². The largest absolute Gasteiger partial charge is 0.462 e. The Hall–Kier alpha value is -1.44. The van der Waals surface area contributed by atoms with Crippen molar-refractivity contribution in [1.82, 2.24) is 4.90 Å². The van der Waals surface area contributed by atoms with Crippen molar-refractivity contribution in [2.24, 2.45) is 0 Å². The first-order valence-corrected chi connectivity index (χ1v) is 9.59. The average molecular weight is 341 g/mol. The van der Waals surface area contributed by atoms with Crippen LogP contribution >= 0.6 is 0 Å². The molecule has 0 spiro atoms. The number of esters is 1. The van der Waals surface area contributed by atoms with Crippen LogP contribution in [-0.2, 0) is 24.1 Å². The van der Waals surface area contributed by atoms with Gasteiger partial charge in [0.2, 0.25) is 0 Å². The molecule has 1 aromatic carbocycles. The molecule has 1 aromatic rings. The third-order valence-corrected chi connectivity index (χ3v) is 5.37. The number of sulfone groups is 1. The quantitative estimate of drug-likeness (QED) is 0.545. The summed E-state index contributed by atoms with van der Waals surface area (Å²) in [6, 6.07) is 8.73. The fraction of sp³-hybridized carbons (Fsp3) is 0.562. The van der Waals surface area contributed by atoms with Gasteiger partial charge in [0.05, 0.1) is 18.1 Å². The minimum absolute atomic E-state index is 0.0720. The van der Waals surface area contributed by atoms with Crippen LogP contribution in [0.5, 0.6) is 0 Å². The van der Waals surface area contributed by atoms with Crippen LogP contribution in [0.3, 0.4) is 0 Å². The molecule has 0 amide bonds. The first-order chi connectivity index (χ1) is 11.0. The molecule has 1 saturated heterocycles. The Bertz CT molecular complexity index is 588. The maximum Gasteiger partial charge on any atom is 0.328 e. The molecular formula is C16H23NO5S. The van der Waals surface area contributed by atoms with Crippen LogP contribution in [0, 0.1) is 0 Å². The minimum Gasteiger partial charge on any atom is -0.462 e. The van der Waals surface area contributed by atoms with E-state index >= 15 is 0 Å². The predicted molar refractivity (Wildman–Crippen MR) is 86.9 cm³/mol. The van der Waals surface area contributed by atoms with Crippen LogP contribution in [-0.4, -0.2) is 63.7 Å². The molecule has 128 valence electrons. The number of benzene rings is 1. The predicted octanol–water partition coefficient (Wildman–Crippen LogP) is 1.04. The Morgan fingerprint density at radius 3 is 2.43 bits per heavy atom. The lowest BCUT2D eigenvalue weighted by atomic mass is 10.1. The highest BCUT2D eigenvalue weighted by molar-refractivity contribution is 7.91. The van der Waals surface area contributed by atoms with E-state index in [1.807, 2.05) is 42.2 Å². The summed E-state index contributed by atoms with van der Waals surface area (Å²) in [6.45, 7) is 3.68. The Morgan fingerprint density at radius 2 is 1.83 bits per heavy atom. The van der Waals surface area contributed by atoms with Crippen molar-refractivity contribution in [1.29, 1.82) is 0 Å². The van der Waals surface area contributed by atoms with Gasteiger partial charge in [0.1, 0.15) is 12.6 Å². The van der Waals surface area contributed by atoms with Gasteiger partial charge in [-0.25, -0.2) is 13.2 Å². The van der Waals surface area contributed by atoms with E-state index in [2.05, 4.69) is 0 Å². The summed E-state index contributed by atoms with van der Waals surface area (Å²) in [5.74, 6) is -0.222. The van der Waals surface area contributed by atoms with E-state index in [0.29, 0.717) is 26.3 Å². The molecule has 1 fully saturated rings. The number of rotatable bonds is 7. The average Bonchev–Trinajstić information content (AvgIpc) is 2.54. The van der Waals surface area contributed by atoms with Crippen LogP contribution in [0.1, 0.15) is 18.5 Å². The monoisotopic (exact) mass is 341 g/mol. The normalized spacial score (nSPS) is 19.2. The van der Waals surface area contributed by atoms with E-state index in [1.54, 1.807) is 0 Å². The first kappa shape index (κ1) is 17.9. The van der Waals surface area contributed by atoms with Crippen molar-refractivity contribution in [2.45, 2.75) is 13.0 Å². The van der Waals surface area contributed by atoms with E-state index in [4.69, 9.17) is 9.47 Å². The smallest absolute Gasteiger partial charge is 0.328 e. The molecule has 23 heavy (non-hydrogen) atoms. The molecule has 0 unspecified atom stereocenters. The maximum absolute atomic E-state index is 12.5. The first-order valence-electron chi connectivity index (χ1n) is 7.77. The molecular weight excluding hydrogens is 318 g/mol. The fourth-order valence-electron chi connectivity index (χ4n) is 2.54. The van der Waals surface area contributed by atoms with Crippen molar-refractivity contribution in [3.8, 4) is 0 Å². The Balaban J connectivity index is 2.08. The second-order valence-electron chi connectivity index (χ2n) is 5.37. The molecule has 0 aliphatic carbocycles. The lowest BCUT2D eigenvalue weighted by molar-refractivity contribution is -0.151. The molecule has 1 aliphatic rings. The van der Waals surface area contributed by atoms with Crippen molar-refractivity contribution in [2.75, 3.05) is 44.4 Å². The van der Waals surface area contributed by atoms with Crippen molar-refractivity contribution in [3.63, 3.8) is 0 Å². The molecule has 0 N–H and O–H groups in total. The summed E-state index contributed by atoms with van der Waals surface area (Å²) in [6.07, 6.45) is 0. The maximum atomic E-state index is 12.5. The molecule has 1 heterocycles. The minimum atomic E-state index is -3.00. The SMILES string of the molecule is CCOCCOC(=O)[C@H](c1ccccc1)N1CCS(=O)(=O)CC1. The lowest BCUT2D eigenvalue weighted by Gasteiger charge is -2.33. The molecule has 2 rings (SSSR count). The van der Waals surface area contributed by atoms with E-state index in [0.717, 1.165) is 5.56 Å². The summed E-state index contributed by atoms with van der Waals surface area (Å²) in [4.78, 5) is 14.4. The molecule has 0 saturated carbocycles. The lowest BCUT2D eigenvalue weighted by Crippen LogP contribution is -2.45. The molecule has 0 radical (unpaired) electrons. The number of ether oxygens (including phenoxy) is 2. The standard InChI is InChI=1S/C16H23NO5S/c1-2-21-10-11-22-16(18)15(14-6-4-3-5-7-14)17-8-12-23(19,20)13-9-17/h3-7,15H,2,8-13H2,1H3/t15-/m0/s1. The van der Waals surface area contributed by atoms with Crippen molar-refractivity contribution >= 4 is 15.8 Å². The topological polar surface area (TPSA) is 72.9 Å². The molecule has 0 aromatic heterocycles. The number of carbonyl (C=O) groups excluding carboxylic acids is 1. The van der Waals surface area contributed by atoms with Crippen LogP contribution in [0.4, 0.5) is 0 Å². The van der Waals surface area contributed by atoms with Gasteiger partial charge in [0.25, 0.3) is 0 Å². The number of carbonyl (C=O) groups is 1. The summed E-state index contributed by atoms with van der Waals surface area (Å²) >= 11 is 0. The van der Waals surface area contributed by atoms with Crippen LogP contribution < -0.4 is 0 Å². The van der Waals surface area contributed by atoms with E-state index in [9.17, 15) is 13.2 Å². The zero-order valence-corrected chi connectivity index (χ0v) is 14.1. The van der Waals surface area contributed by atoms with E-state index < -0.39 is 15.9 Å². The number of hydrogen-bond acceptors (Lipinski definition) is 6. The van der Waals surface area contributed by atoms with E-state index in [1.165, 1.54) is 0 Å². The number of nitrogens with zero attached hydrogens (tertiary/aromatic N) is 1. The fourth-order valence-corrected chi connectivity index (χ4v) is 3.77. The molecule has 1 aliphatic heterocycles. The zero-order valence-electron chi connectivity index (χ0n) is 13.3.